The summed E-state index contributed by atoms with van der Waals surface area (Å²) in [4.78, 5) is 12.2. The van der Waals surface area contributed by atoms with Crippen molar-refractivity contribution in [3.05, 3.63) is 0 Å². The molecule has 0 aliphatic heterocycles. The van der Waals surface area contributed by atoms with Crippen LogP contribution in [-0.4, -0.2) is 24.0 Å². The second kappa shape index (κ2) is 7.13. The maximum absolute atomic E-state index is 12.2. The second-order valence-corrected chi connectivity index (χ2v) is 6.17. The van der Waals surface area contributed by atoms with E-state index in [0.717, 1.165) is 6.54 Å². The van der Waals surface area contributed by atoms with Gasteiger partial charge in [0.25, 0.3) is 0 Å². The molecule has 1 amide bonds. The quantitative estimate of drug-likeness (QED) is 0.741. The Hall–Kier alpha value is -0.570. The molecule has 3 nitrogen and oxygen atoms in total. The number of carbonyl (C=O) groups excluding carboxylic acids is 1. The Labute approximate surface area is 112 Å². The number of amides is 1. The summed E-state index contributed by atoms with van der Waals surface area (Å²) in [6.45, 7) is 8.91. The predicted molar refractivity (Wildman–Crippen MR) is 76.6 cm³/mol. The Morgan fingerprint density at radius 1 is 1.22 bits per heavy atom. The van der Waals surface area contributed by atoms with Crippen LogP contribution in [0.4, 0.5) is 0 Å². The molecular formula is C15H30N2O. The molecule has 2 N–H and O–H groups in total. The molecule has 0 aromatic carbocycles. The van der Waals surface area contributed by atoms with Crippen molar-refractivity contribution < 1.29 is 4.79 Å². The Bertz CT molecular complexity index is 255. The smallest absolute Gasteiger partial charge is 0.239 e. The number of hydrogen-bond donors (Lipinski definition) is 2. The standard InChI is InChI=1S/C15H30N2O/c1-5-16-15(3,4)14(18)17-12(2)13-10-8-6-7-9-11-13/h12-13,16H,5-11H2,1-4H3,(H,17,18)/t12-/m0/s1. The minimum Gasteiger partial charge on any atom is -0.352 e. The lowest BCUT2D eigenvalue weighted by Gasteiger charge is -2.30. The molecule has 0 unspecified atom stereocenters. The topological polar surface area (TPSA) is 41.1 Å². The van der Waals surface area contributed by atoms with E-state index >= 15 is 0 Å². The molecule has 1 aliphatic rings. The van der Waals surface area contributed by atoms with Gasteiger partial charge in [0.15, 0.2) is 0 Å². The van der Waals surface area contributed by atoms with Gasteiger partial charge in [-0.05, 0) is 46.1 Å². The predicted octanol–water partition coefficient (Wildman–Crippen LogP) is 2.85. The zero-order chi connectivity index (χ0) is 13.6. The van der Waals surface area contributed by atoms with E-state index in [4.69, 9.17) is 0 Å². The van der Waals surface area contributed by atoms with Crippen LogP contribution >= 0.6 is 0 Å². The average Bonchev–Trinajstić information content (AvgIpc) is 2.57. The van der Waals surface area contributed by atoms with Crippen molar-refractivity contribution in [1.29, 1.82) is 0 Å². The van der Waals surface area contributed by atoms with Crippen LogP contribution < -0.4 is 10.6 Å². The van der Waals surface area contributed by atoms with Crippen LogP contribution in [0.3, 0.4) is 0 Å². The third-order valence-corrected chi connectivity index (χ3v) is 4.15. The third kappa shape index (κ3) is 4.60. The molecule has 3 heteroatoms. The van der Waals surface area contributed by atoms with Crippen LogP contribution in [0.2, 0.25) is 0 Å². The molecule has 0 aromatic heterocycles. The number of likely N-dealkylation sites (N-methyl/N-ethyl adjacent to an activating group) is 1. The zero-order valence-electron chi connectivity index (χ0n) is 12.5. The Morgan fingerprint density at radius 2 is 1.78 bits per heavy atom. The molecule has 1 saturated carbocycles. The number of rotatable bonds is 5. The van der Waals surface area contributed by atoms with Crippen LogP contribution in [-0.2, 0) is 4.79 Å². The van der Waals surface area contributed by atoms with E-state index < -0.39 is 5.54 Å². The van der Waals surface area contributed by atoms with Crippen molar-refractivity contribution >= 4 is 5.91 Å². The molecule has 0 aromatic rings. The first kappa shape index (κ1) is 15.5. The number of hydrogen-bond acceptors (Lipinski definition) is 2. The van der Waals surface area contributed by atoms with Crippen LogP contribution in [0, 0.1) is 5.92 Å². The Kier molecular flexibility index (Phi) is 6.13. The van der Waals surface area contributed by atoms with E-state index in [1.165, 1.54) is 38.5 Å². The molecule has 18 heavy (non-hydrogen) atoms. The second-order valence-electron chi connectivity index (χ2n) is 6.17. The fraction of sp³-hybridized carbons (Fsp3) is 0.933. The van der Waals surface area contributed by atoms with E-state index in [0.29, 0.717) is 12.0 Å². The molecule has 1 rings (SSSR count). The highest BCUT2D eigenvalue weighted by Gasteiger charge is 2.29. The summed E-state index contributed by atoms with van der Waals surface area (Å²) >= 11 is 0. The van der Waals surface area contributed by atoms with Crippen molar-refractivity contribution in [3.8, 4) is 0 Å². The van der Waals surface area contributed by atoms with Crippen molar-refractivity contribution in [1.82, 2.24) is 10.6 Å². The Morgan fingerprint density at radius 3 is 2.28 bits per heavy atom. The lowest BCUT2D eigenvalue weighted by Crippen LogP contribution is -2.55. The lowest BCUT2D eigenvalue weighted by atomic mass is 9.92. The summed E-state index contributed by atoms with van der Waals surface area (Å²) in [7, 11) is 0. The van der Waals surface area contributed by atoms with Gasteiger partial charge in [0.05, 0.1) is 5.54 Å². The monoisotopic (exact) mass is 254 g/mol. The minimum atomic E-state index is -0.465. The highest BCUT2D eigenvalue weighted by Crippen LogP contribution is 2.25. The van der Waals surface area contributed by atoms with Gasteiger partial charge >= 0.3 is 0 Å². The van der Waals surface area contributed by atoms with Gasteiger partial charge in [-0.2, -0.15) is 0 Å². The van der Waals surface area contributed by atoms with Gasteiger partial charge in [-0.25, -0.2) is 0 Å². The molecule has 1 atom stereocenters. The first-order valence-corrected chi connectivity index (χ1v) is 7.53. The van der Waals surface area contributed by atoms with Crippen LogP contribution in [0.15, 0.2) is 0 Å². The molecular weight excluding hydrogens is 224 g/mol. The van der Waals surface area contributed by atoms with Crippen molar-refractivity contribution in [2.75, 3.05) is 6.54 Å². The molecule has 106 valence electrons. The highest BCUT2D eigenvalue weighted by molar-refractivity contribution is 5.85. The summed E-state index contributed by atoms with van der Waals surface area (Å²) in [6.07, 6.45) is 7.90. The van der Waals surface area contributed by atoms with Gasteiger partial charge in [0.1, 0.15) is 0 Å². The Balaban J connectivity index is 2.47. The van der Waals surface area contributed by atoms with E-state index in [-0.39, 0.29) is 5.91 Å². The molecule has 0 radical (unpaired) electrons. The van der Waals surface area contributed by atoms with Gasteiger partial charge in [0.2, 0.25) is 5.91 Å². The molecule has 0 spiro atoms. The van der Waals surface area contributed by atoms with E-state index in [1.54, 1.807) is 0 Å². The van der Waals surface area contributed by atoms with Crippen LogP contribution in [0.1, 0.15) is 66.2 Å². The first-order valence-electron chi connectivity index (χ1n) is 7.53. The van der Waals surface area contributed by atoms with Crippen molar-refractivity contribution in [3.63, 3.8) is 0 Å². The van der Waals surface area contributed by atoms with Gasteiger partial charge in [-0.15, -0.1) is 0 Å². The SMILES string of the molecule is CCNC(C)(C)C(=O)N[C@@H](C)C1CCCCCC1. The zero-order valence-corrected chi connectivity index (χ0v) is 12.5. The van der Waals surface area contributed by atoms with Gasteiger partial charge in [-0.3, -0.25) is 4.79 Å². The molecule has 1 aliphatic carbocycles. The maximum Gasteiger partial charge on any atom is 0.239 e. The van der Waals surface area contributed by atoms with Gasteiger partial charge in [0, 0.05) is 6.04 Å². The summed E-state index contributed by atoms with van der Waals surface area (Å²) in [5, 5.41) is 6.43. The minimum absolute atomic E-state index is 0.126. The van der Waals surface area contributed by atoms with Gasteiger partial charge < -0.3 is 10.6 Å². The summed E-state index contributed by atoms with van der Waals surface area (Å²) in [5.74, 6) is 0.787. The maximum atomic E-state index is 12.2. The van der Waals surface area contributed by atoms with Crippen molar-refractivity contribution in [2.45, 2.75) is 77.8 Å². The lowest BCUT2D eigenvalue weighted by molar-refractivity contribution is -0.127. The normalized spacial score (nSPS) is 20.2. The van der Waals surface area contributed by atoms with Gasteiger partial charge in [-0.1, -0.05) is 32.6 Å². The molecule has 0 saturated heterocycles. The summed E-state index contributed by atoms with van der Waals surface area (Å²) < 4.78 is 0. The average molecular weight is 254 g/mol. The highest BCUT2D eigenvalue weighted by atomic mass is 16.2. The third-order valence-electron chi connectivity index (χ3n) is 4.15. The first-order chi connectivity index (χ1) is 8.47. The summed E-state index contributed by atoms with van der Waals surface area (Å²) in [6, 6.07) is 0.300. The number of carbonyl (C=O) groups is 1. The van der Waals surface area contributed by atoms with E-state index in [1.807, 2.05) is 20.8 Å². The number of nitrogens with one attached hydrogen (secondary N) is 2. The van der Waals surface area contributed by atoms with E-state index in [9.17, 15) is 4.79 Å². The summed E-state index contributed by atoms with van der Waals surface area (Å²) in [5.41, 5.74) is -0.465. The molecule has 0 bridgehead atoms. The van der Waals surface area contributed by atoms with Crippen molar-refractivity contribution in [2.24, 2.45) is 5.92 Å². The van der Waals surface area contributed by atoms with Crippen LogP contribution in [0.5, 0.6) is 0 Å². The largest absolute Gasteiger partial charge is 0.352 e. The fourth-order valence-corrected chi connectivity index (χ4v) is 2.84. The van der Waals surface area contributed by atoms with Crippen LogP contribution in [0.25, 0.3) is 0 Å². The fourth-order valence-electron chi connectivity index (χ4n) is 2.84. The van der Waals surface area contributed by atoms with E-state index in [2.05, 4.69) is 17.6 Å². The molecule has 0 heterocycles. The molecule has 1 fully saturated rings.